The minimum atomic E-state index is -0.294. The Morgan fingerprint density at radius 3 is 2.44 bits per heavy atom. The summed E-state index contributed by atoms with van der Waals surface area (Å²) in [5, 5.41) is 2.77. The van der Waals surface area contributed by atoms with Crippen LogP contribution in [-0.4, -0.2) is 39.2 Å². The van der Waals surface area contributed by atoms with Crippen LogP contribution < -0.4 is 24.4 Å². The lowest BCUT2D eigenvalue weighted by Gasteiger charge is -2.19. The number of anilines is 2. The summed E-state index contributed by atoms with van der Waals surface area (Å²) in [6, 6.07) is 12.2. The Morgan fingerprint density at radius 2 is 1.81 bits per heavy atom. The first-order chi connectivity index (χ1) is 13.1. The number of rotatable bonds is 7. The van der Waals surface area contributed by atoms with E-state index in [2.05, 4.69) is 5.32 Å². The second kappa shape index (κ2) is 8.44. The Labute approximate surface area is 157 Å². The van der Waals surface area contributed by atoms with E-state index in [9.17, 15) is 9.59 Å². The predicted molar refractivity (Wildman–Crippen MR) is 102 cm³/mol. The molecule has 0 unspecified atom stereocenters. The van der Waals surface area contributed by atoms with Gasteiger partial charge in [-0.3, -0.25) is 9.59 Å². The molecule has 0 radical (unpaired) electrons. The number of hydrogen-bond donors (Lipinski definition) is 1. The summed E-state index contributed by atoms with van der Waals surface area (Å²) in [6.45, 7) is 0.553. The van der Waals surface area contributed by atoms with Gasteiger partial charge in [-0.25, -0.2) is 0 Å². The van der Waals surface area contributed by atoms with Crippen LogP contribution in [0.3, 0.4) is 0 Å². The molecule has 0 atom stereocenters. The molecule has 0 spiro atoms. The molecule has 2 aromatic carbocycles. The van der Waals surface area contributed by atoms with E-state index in [1.165, 1.54) is 7.11 Å². The summed E-state index contributed by atoms with van der Waals surface area (Å²) < 4.78 is 15.9. The van der Waals surface area contributed by atoms with Crippen LogP contribution in [0.1, 0.15) is 12.8 Å². The molecule has 2 amide bonds. The molecule has 2 aromatic rings. The predicted octanol–water partition coefficient (Wildman–Crippen LogP) is 2.85. The van der Waals surface area contributed by atoms with Crippen molar-refractivity contribution in [3.63, 3.8) is 0 Å². The summed E-state index contributed by atoms with van der Waals surface area (Å²) in [5.41, 5.74) is 1.29. The zero-order chi connectivity index (χ0) is 19.2. The van der Waals surface area contributed by atoms with Gasteiger partial charge in [0.05, 0.1) is 19.9 Å². The number of benzene rings is 2. The first-order valence-corrected chi connectivity index (χ1v) is 8.66. The fourth-order valence-corrected chi connectivity index (χ4v) is 2.90. The van der Waals surface area contributed by atoms with Gasteiger partial charge in [0.2, 0.25) is 5.91 Å². The van der Waals surface area contributed by atoms with E-state index < -0.39 is 0 Å². The molecule has 1 saturated heterocycles. The van der Waals surface area contributed by atoms with E-state index in [4.69, 9.17) is 14.2 Å². The standard InChI is InChI=1S/C20H22N2O5/c1-25-15-6-8-16(9-7-15)27-13-19(23)21-14-5-10-17(18(12-14)26-2)22-11-3-4-20(22)24/h5-10,12H,3-4,11,13H2,1-2H3,(H,21,23). The highest BCUT2D eigenvalue weighted by molar-refractivity contribution is 5.98. The summed E-state index contributed by atoms with van der Waals surface area (Å²) >= 11 is 0. The largest absolute Gasteiger partial charge is 0.497 e. The lowest BCUT2D eigenvalue weighted by molar-refractivity contribution is -0.118. The zero-order valence-electron chi connectivity index (χ0n) is 15.4. The highest BCUT2D eigenvalue weighted by Crippen LogP contribution is 2.33. The number of carbonyl (C=O) groups excluding carboxylic acids is 2. The fourth-order valence-electron chi connectivity index (χ4n) is 2.90. The third kappa shape index (κ3) is 4.49. The molecule has 27 heavy (non-hydrogen) atoms. The molecule has 1 N–H and O–H groups in total. The topological polar surface area (TPSA) is 77.1 Å². The Balaban J connectivity index is 1.60. The van der Waals surface area contributed by atoms with Crippen molar-refractivity contribution in [3.8, 4) is 17.2 Å². The first-order valence-electron chi connectivity index (χ1n) is 8.66. The number of nitrogens with zero attached hydrogens (tertiary/aromatic N) is 1. The molecule has 1 aliphatic heterocycles. The van der Waals surface area contributed by atoms with Gasteiger partial charge in [0.1, 0.15) is 17.2 Å². The van der Waals surface area contributed by atoms with Crippen molar-refractivity contribution in [2.45, 2.75) is 12.8 Å². The Bertz CT molecular complexity index is 820. The zero-order valence-corrected chi connectivity index (χ0v) is 15.4. The summed E-state index contributed by atoms with van der Waals surface area (Å²) in [5.74, 6) is 1.62. The van der Waals surface area contributed by atoms with Crippen LogP contribution in [0, 0.1) is 0 Å². The third-order valence-corrected chi connectivity index (χ3v) is 4.26. The first kappa shape index (κ1) is 18.6. The van der Waals surface area contributed by atoms with Crippen molar-refractivity contribution in [1.29, 1.82) is 0 Å². The summed E-state index contributed by atoms with van der Waals surface area (Å²) in [4.78, 5) is 25.8. The number of methoxy groups -OCH3 is 2. The maximum absolute atomic E-state index is 12.1. The van der Waals surface area contributed by atoms with Crippen molar-refractivity contribution in [3.05, 3.63) is 42.5 Å². The Morgan fingerprint density at radius 1 is 1.07 bits per heavy atom. The monoisotopic (exact) mass is 370 g/mol. The van der Waals surface area contributed by atoms with Gasteiger partial charge in [-0.2, -0.15) is 0 Å². The smallest absolute Gasteiger partial charge is 0.262 e. The number of ether oxygens (including phenoxy) is 3. The number of nitrogens with one attached hydrogen (secondary N) is 1. The van der Waals surface area contributed by atoms with E-state index in [0.717, 1.165) is 12.2 Å². The molecule has 0 bridgehead atoms. The average molecular weight is 370 g/mol. The van der Waals surface area contributed by atoms with Gasteiger partial charge >= 0.3 is 0 Å². The number of hydrogen-bond acceptors (Lipinski definition) is 5. The molecule has 7 heteroatoms. The van der Waals surface area contributed by atoms with Gasteiger partial charge in [-0.05, 0) is 42.8 Å². The minimum absolute atomic E-state index is 0.0815. The van der Waals surface area contributed by atoms with Crippen LogP contribution in [-0.2, 0) is 9.59 Å². The van der Waals surface area contributed by atoms with Crippen LogP contribution in [0.2, 0.25) is 0 Å². The van der Waals surface area contributed by atoms with Crippen molar-refractivity contribution >= 4 is 23.2 Å². The molecule has 1 fully saturated rings. The normalized spacial score (nSPS) is 13.4. The van der Waals surface area contributed by atoms with E-state index in [1.807, 2.05) is 0 Å². The second-order valence-electron chi connectivity index (χ2n) is 6.05. The summed E-state index contributed by atoms with van der Waals surface area (Å²) in [6.07, 6.45) is 1.38. The average Bonchev–Trinajstić information content (AvgIpc) is 3.12. The Hall–Kier alpha value is -3.22. The fraction of sp³-hybridized carbons (Fsp3) is 0.300. The molecule has 0 aromatic heterocycles. The van der Waals surface area contributed by atoms with Gasteiger partial charge in [-0.15, -0.1) is 0 Å². The Kier molecular flexibility index (Phi) is 5.80. The lowest BCUT2D eigenvalue weighted by atomic mass is 10.2. The maximum Gasteiger partial charge on any atom is 0.262 e. The summed E-state index contributed by atoms with van der Waals surface area (Å²) in [7, 11) is 3.13. The van der Waals surface area contributed by atoms with Crippen LogP contribution in [0.4, 0.5) is 11.4 Å². The molecule has 1 aliphatic rings. The van der Waals surface area contributed by atoms with Crippen molar-refractivity contribution in [2.75, 3.05) is 37.6 Å². The molecule has 3 rings (SSSR count). The highest BCUT2D eigenvalue weighted by Gasteiger charge is 2.24. The minimum Gasteiger partial charge on any atom is -0.497 e. The van der Waals surface area contributed by atoms with Crippen molar-refractivity contribution in [2.24, 2.45) is 0 Å². The van der Waals surface area contributed by atoms with Crippen molar-refractivity contribution in [1.82, 2.24) is 0 Å². The molecule has 7 nitrogen and oxygen atoms in total. The van der Waals surface area contributed by atoms with E-state index in [1.54, 1.807) is 54.5 Å². The SMILES string of the molecule is COc1ccc(OCC(=O)Nc2ccc(N3CCCC3=O)c(OC)c2)cc1. The quantitative estimate of drug-likeness (QED) is 0.811. The van der Waals surface area contributed by atoms with Gasteiger partial charge in [0.15, 0.2) is 6.61 Å². The van der Waals surface area contributed by atoms with Gasteiger partial charge in [0, 0.05) is 24.7 Å². The van der Waals surface area contributed by atoms with Crippen LogP contribution >= 0.6 is 0 Å². The second-order valence-corrected chi connectivity index (χ2v) is 6.05. The van der Waals surface area contributed by atoms with E-state index in [-0.39, 0.29) is 18.4 Å². The molecule has 1 heterocycles. The van der Waals surface area contributed by atoms with Crippen LogP contribution in [0.5, 0.6) is 17.2 Å². The van der Waals surface area contributed by atoms with Gasteiger partial charge < -0.3 is 24.4 Å². The number of amides is 2. The van der Waals surface area contributed by atoms with Crippen LogP contribution in [0.15, 0.2) is 42.5 Å². The lowest BCUT2D eigenvalue weighted by Crippen LogP contribution is -2.24. The van der Waals surface area contributed by atoms with Gasteiger partial charge in [0.25, 0.3) is 5.91 Å². The molecule has 0 aliphatic carbocycles. The highest BCUT2D eigenvalue weighted by atomic mass is 16.5. The van der Waals surface area contributed by atoms with E-state index in [0.29, 0.717) is 35.8 Å². The van der Waals surface area contributed by atoms with E-state index >= 15 is 0 Å². The van der Waals surface area contributed by atoms with Gasteiger partial charge in [-0.1, -0.05) is 0 Å². The molecular formula is C20H22N2O5. The third-order valence-electron chi connectivity index (χ3n) is 4.26. The van der Waals surface area contributed by atoms with Crippen molar-refractivity contribution < 1.29 is 23.8 Å². The molecule has 0 saturated carbocycles. The molecular weight excluding hydrogens is 348 g/mol. The molecule has 142 valence electrons. The number of carbonyl (C=O) groups is 2. The van der Waals surface area contributed by atoms with Crippen LogP contribution in [0.25, 0.3) is 0 Å². The maximum atomic E-state index is 12.1.